The summed E-state index contributed by atoms with van der Waals surface area (Å²) in [4.78, 5) is 0. The molecule has 3 aromatic rings. The SMILES string of the molecule is C=Cc1ccc(OB(Oc2ccc(C=C)cc2)Oc2ccc(C=C)cc2)cc1. The Morgan fingerprint density at radius 2 is 0.714 bits per heavy atom. The smallest absolute Gasteiger partial charge is 0.490 e. The van der Waals surface area contributed by atoms with Crippen LogP contribution in [0.1, 0.15) is 16.7 Å². The Morgan fingerprint density at radius 1 is 0.464 bits per heavy atom. The first kappa shape index (κ1) is 19.1. The molecule has 3 aromatic carbocycles. The molecule has 0 aliphatic carbocycles. The molecule has 0 N–H and O–H groups in total. The van der Waals surface area contributed by atoms with Gasteiger partial charge < -0.3 is 14.0 Å². The van der Waals surface area contributed by atoms with Gasteiger partial charge in [-0.2, -0.15) is 0 Å². The van der Waals surface area contributed by atoms with Crippen molar-refractivity contribution in [3.63, 3.8) is 0 Å². The summed E-state index contributed by atoms with van der Waals surface area (Å²) in [7, 11) is -0.959. The van der Waals surface area contributed by atoms with Crippen LogP contribution in [-0.4, -0.2) is 7.32 Å². The van der Waals surface area contributed by atoms with E-state index in [4.69, 9.17) is 14.0 Å². The van der Waals surface area contributed by atoms with Crippen LogP contribution in [0.5, 0.6) is 17.2 Å². The van der Waals surface area contributed by atoms with Gasteiger partial charge in [0.1, 0.15) is 17.2 Å². The first-order valence-corrected chi connectivity index (χ1v) is 8.87. The minimum Gasteiger partial charge on any atom is -0.490 e. The Hall–Kier alpha value is -3.66. The Balaban J connectivity index is 1.78. The summed E-state index contributed by atoms with van der Waals surface area (Å²) in [6.07, 6.45) is 5.32. The van der Waals surface area contributed by atoms with E-state index < -0.39 is 7.32 Å². The lowest BCUT2D eigenvalue weighted by Gasteiger charge is -2.17. The van der Waals surface area contributed by atoms with Gasteiger partial charge in [-0.1, -0.05) is 74.4 Å². The fraction of sp³-hybridized carbons (Fsp3) is 0. The zero-order valence-electron chi connectivity index (χ0n) is 15.6. The predicted octanol–water partition coefficient (Wildman–Crippen LogP) is 6.14. The maximum atomic E-state index is 5.92. The first-order valence-electron chi connectivity index (χ1n) is 8.87. The van der Waals surface area contributed by atoms with E-state index in [9.17, 15) is 0 Å². The molecule has 3 nitrogen and oxygen atoms in total. The standard InChI is InChI=1S/C24H21BO3/c1-4-19-7-13-22(14-8-19)26-25(27-23-15-9-20(5-2)10-16-23)28-24-17-11-21(6-3)12-18-24/h4-18H,1-3H2. The molecule has 0 radical (unpaired) electrons. The van der Waals surface area contributed by atoms with Gasteiger partial charge in [-0.05, 0) is 53.1 Å². The topological polar surface area (TPSA) is 27.7 Å². The van der Waals surface area contributed by atoms with E-state index in [-0.39, 0.29) is 0 Å². The molecule has 4 heteroatoms. The van der Waals surface area contributed by atoms with Crippen molar-refractivity contribution in [2.75, 3.05) is 0 Å². The second-order valence-corrected chi connectivity index (χ2v) is 5.96. The Morgan fingerprint density at radius 3 is 0.929 bits per heavy atom. The molecule has 0 saturated carbocycles. The quantitative estimate of drug-likeness (QED) is 0.425. The monoisotopic (exact) mass is 368 g/mol. The van der Waals surface area contributed by atoms with Gasteiger partial charge in [0.05, 0.1) is 0 Å². The molecule has 0 spiro atoms. The fourth-order valence-corrected chi connectivity index (χ4v) is 2.45. The lowest BCUT2D eigenvalue weighted by molar-refractivity contribution is 0.307. The molecule has 0 aliphatic rings. The lowest BCUT2D eigenvalue weighted by Crippen LogP contribution is -2.36. The van der Waals surface area contributed by atoms with Crippen LogP contribution in [-0.2, 0) is 0 Å². The molecular formula is C24H21BO3. The van der Waals surface area contributed by atoms with Crippen LogP contribution >= 0.6 is 0 Å². The molecule has 3 rings (SSSR count). The van der Waals surface area contributed by atoms with Crippen LogP contribution in [0.15, 0.2) is 92.5 Å². The van der Waals surface area contributed by atoms with Crippen LogP contribution in [0.25, 0.3) is 18.2 Å². The molecule has 0 amide bonds. The van der Waals surface area contributed by atoms with E-state index in [1.807, 2.05) is 72.8 Å². The van der Waals surface area contributed by atoms with E-state index in [1.165, 1.54) is 0 Å². The average Bonchev–Trinajstić information content (AvgIpc) is 2.75. The van der Waals surface area contributed by atoms with Crippen molar-refractivity contribution < 1.29 is 14.0 Å². The van der Waals surface area contributed by atoms with Gasteiger partial charge in [0.25, 0.3) is 0 Å². The average molecular weight is 368 g/mol. The second-order valence-electron chi connectivity index (χ2n) is 5.96. The molecule has 0 atom stereocenters. The second kappa shape index (κ2) is 9.33. The van der Waals surface area contributed by atoms with Crippen LogP contribution < -0.4 is 14.0 Å². The van der Waals surface area contributed by atoms with Crippen LogP contribution in [0, 0.1) is 0 Å². The van der Waals surface area contributed by atoms with Crippen LogP contribution in [0.3, 0.4) is 0 Å². The third kappa shape index (κ3) is 5.18. The normalized spacial score (nSPS) is 9.86. The van der Waals surface area contributed by atoms with Crippen LogP contribution in [0.4, 0.5) is 0 Å². The third-order valence-electron chi connectivity index (χ3n) is 4.04. The number of benzene rings is 3. The minimum absolute atomic E-state index is 0.626. The molecular weight excluding hydrogens is 347 g/mol. The van der Waals surface area contributed by atoms with Crippen molar-refractivity contribution in [3.05, 3.63) is 109 Å². The zero-order valence-corrected chi connectivity index (χ0v) is 15.6. The minimum atomic E-state index is -0.959. The van der Waals surface area contributed by atoms with Crippen molar-refractivity contribution in [2.45, 2.75) is 0 Å². The van der Waals surface area contributed by atoms with Gasteiger partial charge in [-0.25, -0.2) is 0 Å². The molecule has 0 unspecified atom stereocenters. The highest BCUT2D eigenvalue weighted by Crippen LogP contribution is 2.20. The van der Waals surface area contributed by atoms with Gasteiger partial charge in [-0.3, -0.25) is 0 Å². The summed E-state index contributed by atoms with van der Waals surface area (Å²) in [6, 6.07) is 22.6. The molecule has 28 heavy (non-hydrogen) atoms. The van der Waals surface area contributed by atoms with E-state index in [0.717, 1.165) is 16.7 Å². The largest absolute Gasteiger partial charge is 0.864 e. The van der Waals surface area contributed by atoms with Gasteiger partial charge in [0.2, 0.25) is 0 Å². The van der Waals surface area contributed by atoms with Gasteiger partial charge in [-0.15, -0.1) is 0 Å². The molecule has 0 saturated heterocycles. The molecule has 138 valence electrons. The maximum Gasteiger partial charge on any atom is 0.864 e. The Labute approximate surface area is 166 Å². The van der Waals surface area contributed by atoms with Gasteiger partial charge in [0, 0.05) is 0 Å². The Bertz CT molecular complexity index is 802. The van der Waals surface area contributed by atoms with E-state index in [0.29, 0.717) is 17.2 Å². The predicted molar refractivity (Wildman–Crippen MR) is 117 cm³/mol. The van der Waals surface area contributed by atoms with E-state index in [2.05, 4.69) is 19.7 Å². The number of hydrogen-bond acceptors (Lipinski definition) is 3. The van der Waals surface area contributed by atoms with E-state index >= 15 is 0 Å². The van der Waals surface area contributed by atoms with Crippen LogP contribution in [0.2, 0.25) is 0 Å². The van der Waals surface area contributed by atoms with Crippen molar-refractivity contribution in [2.24, 2.45) is 0 Å². The maximum absolute atomic E-state index is 5.92. The molecule has 0 fully saturated rings. The van der Waals surface area contributed by atoms with Crippen molar-refractivity contribution >= 4 is 25.5 Å². The zero-order chi connectivity index (χ0) is 19.8. The summed E-state index contributed by atoms with van der Waals surface area (Å²) >= 11 is 0. The highest BCUT2D eigenvalue weighted by atomic mass is 16.7. The molecule has 0 heterocycles. The number of rotatable bonds is 9. The van der Waals surface area contributed by atoms with Crippen molar-refractivity contribution in [1.82, 2.24) is 0 Å². The highest BCUT2D eigenvalue weighted by Gasteiger charge is 2.30. The summed E-state index contributed by atoms with van der Waals surface area (Å²) in [5.41, 5.74) is 3.02. The molecule has 0 aromatic heterocycles. The van der Waals surface area contributed by atoms with E-state index in [1.54, 1.807) is 18.2 Å². The molecule has 0 aliphatic heterocycles. The summed E-state index contributed by atoms with van der Waals surface area (Å²) < 4.78 is 17.7. The summed E-state index contributed by atoms with van der Waals surface area (Å²) in [6.45, 7) is 11.3. The lowest BCUT2D eigenvalue weighted by atomic mass is 10.1. The van der Waals surface area contributed by atoms with Gasteiger partial charge >= 0.3 is 7.32 Å². The summed E-state index contributed by atoms with van der Waals surface area (Å²) in [5.74, 6) is 1.88. The highest BCUT2D eigenvalue weighted by molar-refractivity contribution is 6.39. The van der Waals surface area contributed by atoms with Crippen molar-refractivity contribution in [3.8, 4) is 17.2 Å². The fourth-order valence-electron chi connectivity index (χ4n) is 2.45. The Kier molecular flexibility index (Phi) is 6.37. The third-order valence-corrected chi connectivity index (χ3v) is 4.04. The molecule has 0 bridgehead atoms. The number of hydrogen-bond donors (Lipinski definition) is 0. The summed E-state index contributed by atoms with van der Waals surface area (Å²) in [5, 5.41) is 0. The van der Waals surface area contributed by atoms with Gasteiger partial charge in [0.15, 0.2) is 0 Å². The van der Waals surface area contributed by atoms with Crippen molar-refractivity contribution in [1.29, 1.82) is 0 Å². The first-order chi connectivity index (χ1) is 13.7.